The molecule has 28 heavy (non-hydrogen) atoms. The minimum Gasteiger partial charge on any atom is -0.375 e. The van der Waals surface area contributed by atoms with Crippen LogP contribution in [0.5, 0.6) is 0 Å². The zero-order valence-electron chi connectivity index (χ0n) is 14.7. The highest BCUT2D eigenvalue weighted by Crippen LogP contribution is 2.28. The van der Waals surface area contributed by atoms with Gasteiger partial charge >= 0.3 is 0 Å². The van der Waals surface area contributed by atoms with Crippen molar-refractivity contribution in [1.29, 1.82) is 0 Å². The van der Waals surface area contributed by atoms with Crippen molar-refractivity contribution in [3.05, 3.63) is 76.1 Å². The SMILES string of the molecule is Cc1nccn1-c1ccc(CNc2ccc(S(N)(=O)=O)cc2[N+](=O)[O-])cc1F. The van der Waals surface area contributed by atoms with E-state index in [-0.39, 0.29) is 17.1 Å². The Morgan fingerprint density at radius 2 is 2.04 bits per heavy atom. The zero-order valence-corrected chi connectivity index (χ0v) is 15.5. The number of sulfonamides is 1. The lowest BCUT2D eigenvalue weighted by Gasteiger charge is -2.11. The van der Waals surface area contributed by atoms with E-state index in [1.165, 1.54) is 12.1 Å². The first-order valence-corrected chi connectivity index (χ1v) is 9.55. The highest BCUT2D eigenvalue weighted by Gasteiger charge is 2.19. The first kappa shape index (κ1) is 19.5. The van der Waals surface area contributed by atoms with E-state index in [2.05, 4.69) is 10.3 Å². The maximum absolute atomic E-state index is 14.4. The predicted octanol–water partition coefficient (Wildman–Crippen LogP) is 2.49. The first-order chi connectivity index (χ1) is 13.2. The number of hydrogen-bond donors (Lipinski definition) is 2. The van der Waals surface area contributed by atoms with E-state index < -0.39 is 26.5 Å². The Morgan fingerprint density at radius 1 is 1.29 bits per heavy atom. The minimum absolute atomic E-state index is 0.0901. The summed E-state index contributed by atoms with van der Waals surface area (Å²) in [6, 6.07) is 7.86. The number of nitro benzene ring substituents is 1. The van der Waals surface area contributed by atoms with Gasteiger partial charge in [-0.15, -0.1) is 0 Å². The third-order valence-corrected chi connectivity index (χ3v) is 4.99. The van der Waals surface area contributed by atoms with Gasteiger partial charge in [0, 0.05) is 25.0 Å². The van der Waals surface area contributed by atoms with Crippen molar-refractivity contribution in [2.24, 2.45) is 5.14 Å². The number of nitro groups is 1. The van der Waals surface area contributed by atoms with Gasteiger partial charge < -0.3 is 9.88 Å². The van der Waals surface area contributed by atoms with Gasteiger partial charge in [-0.05, 0) is 36.8 Å². The molecule has 1 aromatic heterocycles. The second kappa shape index (κ2) is 7.37. The second-order valence-electron chi connectivity index (χ2n) is 5.96. The second-order valence-corrected chi connectivity index (χ2v) is 7.53. The molecule has 11 heteroatoms. The highest BCUT2D eigenvalue weighted by atomic mass is 32.2. The molecule has 2 aromatic carbocycles. The fourth-order valence-corrected chi connectivity index (χ4v) is 3.21. The Bertz CT molecular complexity index is 1160. The van der Waals surface area contributed by atoms with Crippen LogP contribution in [0.3, 0.4) is 0 Å². The summed E-state index contributed by atoms with van der Waals surface area (Å²) < 4.78 is 38.8. The molecule has 3 rings (SSSR count). The number of aryl methyl sites for hydroxylation is 1. The Balaban J connectivity index is 1.83. The Labute approximate surface area is 159 Å². The van der Waals surface area contributed by atoms with E-state index in [4.69, 9.17) is 5.14 Å². The molecular weight excluding hydrogens is 389 g/mol. The normalized spacial score (nSPS) is 11.4. The lowest BCUT2D eigenvalue weighted by molar-refractivity contribution is -0.384. The van der Waals surface area contributed by atoms with Crippen molar-refractivity contribution in [2.45, 2.75) is 18.4 Å². The van der Waals surface area contributed by atoms with Crippen LogP contribution < -0.4 is 10.5 Å². The van der Waals surface area contributed by atoms with Crippen molar-refractivity contribution in [2.75, 3.05) is 5.32 Å². The van der Waals surface area contributed by atoms with Crippen LogP contribution in [0.15, 0.2) is 53.7 Å². The predicted molar refractivity (Wildman–Crippen MR) is 100 cm³/mol. The summed E-state index contributed by atoms with van der Waals surface area (Å²) >= 11 is 0. The van der Waals surface area contributed by atoms with Crippen LogP contribution >= 0.6 is 0 Å². The van der Waals surface area contributed by atoms with Gasteiger partial charge in [0.25, 0.3) is 5.69 Å². The first-order valence-electron chi connectivity index (χ1n) is 8.00. The van der Waals surface area contributed by atoms with Crippen LogP contribution in [0.4, 0.5) is 15.8 Å². The van der Waals surface area contributed by atoms with Gasteiger partial charge in [-0.3, -0.25) is 10.1 Å². The molecule has 3 N–H and O–H groups in total. The van der Waals surface area contributed by atoms with E-state index >= 15 is 0 Å². The summed E-state index contributed by atoms with van der Waals surface area (Å²) in [5, 5.41) is 19.1. The number of nitrogens with zero attached hydrogens (tertiary/aromatic N) is 3. The lowest BCUT2D eigenvalue weighted by Crippen LogP contribution is -2.13. The zero-order chi connectivity index (χ0) is 20.5. The van der Waals surface area contributed by atoms with Crippen molar-refractivity contribution in [1.82, 2.24) is 9.55 Å². The quantitative estimate of drug-likeness (QED) is 0.478. The summed E-state index contributed by atoms with van der Waals surface area (Å²) in [7, 11) is -4.07. The van der Waals surface area contributed by atoms with E-state index in [9.17, 15) is 22.9 Å². The van der Waals surface area contributed by atoms with Crippen LogP contribution in [0.2, 0.25) is 0 Å². The monoisotopic (exact) mass is 405 g/mol. The molecule has 0 aliphatic rings. The molecule has 3 aromatic rings. The maximum atomic E-state index is 14.4. The molecule has 0 aliphatic carbocycles. The lowest BCUT2D eigenvalue weighted by atomic mass is 10.1. The number of hydrogen-bond acceptors (Lipinski definition) is 6. The molecule has 0 atom stereocenters. The Hall–Kier alpha value is -3.31. The molecule has 9 nitrogen and oxygen atoms in total. The van der Waals surface area contributed by atoms with E-state index in [0.717, 1.165) is 12.1 Å². The molecule has 0 spiro atoms. The van der Waals surface area contributed by atoms with Crippen molar-refractivity contribution in [3.63, 3.8) is 0 Å². The third kappa shape index (κ3) is 4.00. The Kier molecular flexibility index (Phi) is 5.12. The molecule has 0 unspecified atom stereocenters. The number of anilines is 1. The molecule has 0 radical (unpaired) electrons. The molecule has 0 bridgehead atoms. The summed E-state index contributed by atoms with van der Waals surface area (Å²) in [5.74, 6) is 0.162. The van der Waals surface area contributed by atoms with Gasteiger partial charge in [-0.25, -0.2) is 22.9 Å². The van der Waals surface area contributed by atoms with Crippen molar-refractivity contribution < 1.29 is 17.7 Å². The number of nitrogens with one attached hydrogen (secondary N) is 1. The molecule has 0 amide bonds. The van der Waals surface area contributed by atoms with Gasteiger partial charge in [0.2, 0.25) is 10.0 Å². The van der Waals surface area contributed by atoms with Crippen molar-refractivity contribution >= 4 is 21.4 Å². The molecule has 0 fully saturated rings. The number of primary sulfonamides is 1. The van der Waals surface area contributed by atoms with Crippen LogP contribution in [-0.2, 0) is 16.6 Å². The highest BCUT2D eigenvalue weighted by molar-refractivity contribution is 7.89. The smallest absolute Gasteiger partial charge is 0.293 e. The average Bonchev–Trinajstić information content (AvgIpc) is 3.04. The molecule has 0 saturated carbocycles. The molecule has 0 saturated heterocycles. The topological polar surface area (TPSA) is 133 Å². The number of halogens is 1. The fourth-order valence-electron chi connectivity index (χ4n) is 2.67. The van der Waals surface area contributed by atoms with Crippen LogP contribution in [0.25, 0.3) is 5.69 Å². The van der Waals surface area contributed by atoms with Crippen LogP contribution in [0.1, 0.15) is 11.4 Å². The largest absolute Gasteiger partial charge is 0.375 e. The van der Waals surface area contributed by atoms with Gasteiger partial charge in [0.05, 0.1) is 15.5 Å². The number of rotatable bonds is 6. The van der Waals surface area contributed by atoms with Gasteiger partial charge in [-0.2, -0.15) is 0 Å². The number of benzene rings is 2. The summed E-state index contributed by atoms with van der Waals surface area (Å²) in [6.45, 7) is 1.84. The van der Waals surface area contributed by atoms with Crippen molar-refractivity contribution in [3.8, 4) is 5.69 Å². The van der Waals surface area contributed by atoms with Crippen LogP contribution in [-0.4, -0.2) is 22.9 Å². The summed E-state index contributed by atoms with van der Waals surface area (Å²) in [4.78, 5) is 14.2. The van der Waals surface area contributed by atoms with Gasteiger partial charge in [0.15, 0.2) is 0 Å². The minimum atomic E-state index is -4.07. The molecule has 146 valence electrons. The number of aromatic nitrogens is 2. The standard InChI is InChI=1S/C17H16FN5O4S/c1-11-20-6-7-22(11)16-5-2-12(8-14(16)18)10-21-15-4-3-13(28(19,26)27)9-17(15)23(24)25/h2-9,21H,10H2,1H3,(H2,19,26,27). The van der Waals surface area contributed by atoms with E-state index in [1.807, 2.05) is 0 Å². The number of nitrogens with two attached hydrogens (primary N) is 1. The van der Waals surface area contributed by atoms with E-state index in [0.29, 0.717) is 17.1 Å². The van der Waals surface area contributed by atoms with E-state index in [1.54, 1.807) is 36.0 Å². The maximum Gasteiger partial charge on any atom is 0.293 e. The Morgan fingerprint density at radius 3 is 2.61 bits per heavy atom. The van der Waals surface area contributed by atoms with Gasteiger partial charge in [-0.1, -0.05) is 6.07 Å². The third-order valence-electron chi connectivity index (χ3n) is 4.07. The summed E-state index contributed by atoms with van der Waals surface area (Å²) in [5.41, 5.74) is 0.524. The van der Waals surface area contributed by atoms with Crippen LogP contribution in [0, 0.1) is 22.9 Å². The molecular formula is C17H16FN5O4S. The molecule has 1 heterocycles. The average molecular weight is 405 g/mol. The fraction of sp³-hybridized carbons (Fsp3) is 0.118. The van der Waals surface area contributed by atoms with Gasteiger partial charge in [0.1, 0.15) is 17.3 Å². The molecule has 0 aliphatic heterocycles. The summed E-state index contributed by atoms with van der Waals surface area (Å²) in [6.07, 6.45) is 3.21. The number of imidazole rings is 1.